The second kappa shape index (κ2) is 10.0. The molecule has 1 fully saturated rings. The Morgan fingerprint density at radius 2 is 1.84 bits per heavy atom. The third-order valence-electron chi connectivity index (χ3n) is 5.46. The summed E-state index contributed by atoms with van der Waals surface area (Å²) in [6, 6.07) is 16.9. The summed E-state index contributed by atoms with van der Waals surface area (Å²) < 4.78 is 11.4. The summed E-state index contributed by atoms with van der Waals surface area (Å²) in [4.78, 5) is 15.0. The normalized spacial score (nSPS) is 14.4. The molecule has 2 aromatic carbocycles. The summed E-state index contributed by atoms with van der Waals surface area (Å²) in [5, 5.41) is 3.56. The molecule has 0 unspecified atom stereocenters. The minimum absolute atomic E-state index is 0.237. The fraction of sp³-hybridized carbons (Fsp3) is 0.320. The Balaban J connectivity index is 1.30. The summed E-state index contributed by atoms with van der Waals surface area (Å²) in [7, 11) is 0. The Hall–Kier alpha value is -2.76. The van der Waals surface area contributed by atoms with Crippen LogP contribution in [-0.2, 0) is 13.2 Å². The number of nitrogens with zero attached hydrogens (tertiary/aromatic N) is 1. The smallest absolute Gasteiger partial charge is 0.291 e. The molecule has 1 amide bonds. The Morgan fingerprint density at radius 3 is 2.58 bits per heavy atom. The summed E-state index contributed by atoms with van der Waals surface area (Å²) in [6.07, 6.45) is 3.90. The van der Waals surface area contributed by atoms with Crippen LogP contribution in [0, 0.1) is 6.92 Å². The van der Waals surface area contributed by atoms with Crippen LogP contribution in [0.2, 0.25) is 5.02 Å². The van der Waals surface area contributed by atoms with Crippen LogP contribution in [-0.4, -0.2) is 23.9 Å². The average molecular weight is 439 g/mol. The predicted octanol–water partition coefficient (Wildman–Crippen LogP) is 6.06. The lowest BCUT2D eigenvalue weighted by Gasteiger charge is -2.26. The van der Waals surface area contributed by atoms with E-state index in [1.165, 1.54) is 37.9 Å². The van der Waals surface area contributed by atoms with Gasteiger partial charge < -0.3 is 14.5 Å². The van der Waals surface area contributed by atoms with Crippen molar-refractivity contribution >= 4 is 23.2 Å². The second-order valence-corrected chi connectivity index (χ2v) is 8.39. The van der Waals surface area contributed by atoms with Gasteiger partial charge in [0.15, 0.2) is 5.76 Å². The van der Waals surface area contributed by atoms with Gasteiger partial charge in [-0.2, -0.15) is 0 Å². The Morgan fingerprint density at radius 1 is 1.06 bits per heavy atom. The van der Waals surface area contributed by atoms with Crippen LogP contribution < -0.4 is 10.1 Å². The number of rotatable bonds is 7. The molecule has 1 aromatic heterocycles. The van der Waals surface area contributed by atoms with Crippen molar-refractivity contribution in [1.82, 2.24) is 4.90 Å². The van der Waals surface area contributed by atoms with Crippen LogP contribution in [0.15, 0.2) is 59.0 Å². The number of anilines is 1. The average Bonchev–Trinajstić information content (AvgIpc) is 3.25. The number of ether oxygens (including phenoxy) is 1. The summed E-state index contributed by atoms with van der Waals surface area (Å²) in [5.41, 5.74) is 2.95. The van der Waals surface area contributed by atoms with Crippen LogP contribution in [0.25, 0.3) is 0 Å². The number of piperidine rings is 1. The third-order valence-corrected chi connectivity index (χ3v) is 5.69. The van der Waals surface area contributed by atoms with Gasteiger partial charge in [-0.05, 0) is 86.4 Å². The molecule has 1 aliphatic rings. The molecule has 0 atom stereocenters. The number of carbonyl (C=O) groups excluding carboxylic acids is 1. The van der Waals surface area contributed by atoms with Gasteiger partial charge in [0.2, 0.25) is 0 Å². The zero-order chi connectivity index (χ0) is 21.6. The van der Waals surface area contributed by atoms with Crippen molar-refractivity contribution in [2.75, 3.05) is 18.4 Å². The molecule has 1 N–H and O–H groups in total. The third kappa shape index (κ3) is 5.90. The van der Waals surface area contributed by atoms with Gasteiger partial charge in [0.1, 0.15) is 18.1 Å². The first-order valence-corrected chi connectivity index (χ1v) is 11.0. The van der Waals surface area contributed by atoms with E-state index < -0.39 is 0 Å². The van der Waals surface area contributed by atoms with Gasteiger partial charge in [-0.1, -0.05) is 30.2 Å². The van der Waals surface area contributed by atoms with Crippen LogP contribution in [0.4, 0.5) is 5.69 Å². The number of aryl methyl sites for hydroxylation is 1. The van der Waals surface area contributed by atoms with Gasteiger partial charge >= 0.3 is 0 Å². The number of likely N-dealkylation sites (tertiary alicyclic amines) is 1. The number of nitrogens with one attached hydrogen (secondary N) is 1. The van der Waals surface area contributed by atoms with Gasteiger partial charge in [-0.25, -0.2) is 0 Å². The van der Waals surface area contributed by atoms with E-state index in [0.29, 0.717) is 10.8 Å². The first-order valence-electron chi connectivity index (χ1n) is 10.7. The SMILES string of the molecule is Cc1cc(Cl)ccc1OCc1ccc(C(=O)Nc2ccc(CN3CCCCC3)cc2)o1. The minimum atomic E-state index is -0.280. The Labute approximate surface area is 188 Å². The molecular weight excluding hydrogens is 412 g/mol. The number of amides is 1. The lowest BCUT2D eigenvalue weighted by atomic mass is 10.1. The molecule has 3 aromatic rings. The molecule has 0 spiro atoms. The monoisotopic (exact) mass is 438 g/mol. The highest BCUT2D eigenvalue weighted by atomic mass is 35.5. The van der Waals surface area contributed by atoms with Crippen molar-refractivity contribution < 1.29 is 13.9 Å². The van der Waals surface area contributed by atoms with E-state index in [1.807, 2.05) is 31.2 Å². The quantitative estimate of drug-likeness (QED) is 0.487. The molecule has 31 heavy (non-hydrogen) atoms. The van der Waals surface area contributed by atoms with Crippen LogP contribution in [0.5, 0.6) is 5.75 Å². The van der Waals surface area contributed by atoms with E-state index in [2.05, 4.69) is 22.3 Å². The molecule has 0 saturated carbocycles. The van der Waals surface area contributed by atoms with E-state index in [4.69, 9.17) is 20.8 Å². The zero-order valence-electron chi connectivity index (χ0n) is 17.7. The number of furan rings is 1. The number of benzene rings is 2. The summed E-state index contributed by atoms with van der Waals surface area (Å²) in [5.74, 6) is 1.29. The van der Waals surface area contributed by atoms with Gasteiger partial charge in [0.05, 0.1) is 0 Å². The number of hydrogen-bond donors (Lipinski definition) is 1. The standard InChI is InChI=1S/C25H27ClN2O3/c1-18-15-20(26)7-11-23(18)30-17-22-10-12-24(31-22)25(29)27-21-8-5-19(6-9-21)16-28-13-3-2-4-14-28/h5-12,15H,2-4,13-14,16-17H2,1H3,(H,27,29). The highest BCUT2D eigenvalue weighted by Crippen LogP contribution is 2.23. The maximum absolute atomic E-state index is 12.5. The molecule has 162 valence electrons. The summed E-state index contributed by atoms with van der Waals surface area (Å²) in [6.45, 7) is 5.46. The maximum atomic E-state index is 12.5. The van der Waals surface area contributed by atoms with E-state index in [0.717, 1.165) is 23.5 Å². The van der Waals surface area contributed by atoms with Crippen molar-refractivity contribution in [1.29, 1.82) is 0 Å². The fourth-order valence-corrected chi connectivity index (χ4v) is 3.99. The van der Waals surface area contributed by atoms with Crippen molar-refractivity contribution in [3.63, 3.8) is 0 Å². The van der Waals surface area contributed by atoms with Gasteiger partial charge in [0, 0.05) is 17.3 Å². The minimum Gasteiger partial charge on any atom is -0.485 e. The molecule has 6 heteroatoms. The first-order chi connectivity index (χ1) is 15.1. The van der Waals surface area contributed by atoms with Crippen molar-refractivity contribution in [3.05, 3.63) is 82.3 Å². The lowest BCUT2D eigenvalue weighted by Crippen LogP contribution is -2.29. The Kier molecular flexibility index (Phi) is 6.95. The molecule has 2 heterocycles. The number of carbonyl (C=O) groups is 1. The molecule has 0 radical (unpaired) electrons. The number of hydrogen-bond acceptors (Lipinski definition) is 4. The highest BCUT2D eigenvalue weighted by Gasteiger charge is 2.13. The van der Waals surface area contributed by atoms with Gasteiger partial charge in [-0.15, -0.1) is 0 Å². The van der Waals surface area contributed by atoms with Gasteiger partial charge in [-0.3, -0.25) is 9.69 Å². The molecule has 0 aliphatic carbocycles. The first kappa shape index (κ1) is 21.5. The predicted molar refractivity (Wildman–Crippen MR) is 123 cm³/mol. The van der Waals surface area contributed by atoms with Crippen molar-refractivity contribution in [3.8, 4) is 5.75 Å². The zero-order valence-corrected chi connectivity index (χ0v) is 18.5. The van der Waals surface area contributed by atoms with Crippen molar-refractivity contribution in [2.45, 2.75) is 39.3 Å². The maximum Gasteiger partial charge on any atom is 0.291 e. The summed E-state index contributed by atoms with van der Waals surface area (Å²) >= 11 is 5.97. The topological polar surface area (TPSA) is 54.7 Å². The number of halogens is 1. The lowest BCUT2D eigenvalue weighted by molar-refractivity contribution is 0.0992. The van der Waals surface area contributed by atoms with Gasteiger partial charge in [0.25, 0.3) is 5.91 Å². The molecular formula is C25H27ClN2O3. The van der Waals surface area contributed by atoms with E-state index in [1.54, 1.807) is 18.2 Å². The molecule has 5 nitrogen and oxygen atoms in total. The Bertz CT molecular complexity index is 1020. The highest BCUT2D eigenvalue weighted by molar-refractivity contribution is 6.30. The van der Waals surface area contributed by atoms with Crippen LogP contribution >= 0.6 is 11.6 Å². The van der Waals surface area contributed by atoms with Crippen LogP contribution in [0.1, 0.15) is 46.7 Å². The van der Waals surface area contributed by atoms with E-state index >= 15 is 0 Å². The van der Waals surface area contributed by atoms with Crippen LogP contribution in [0.3, 0.4) is 0 Å². The van der Waals surface area contributed by atoms with Crippen molar-refractivity contribution in [2.24, 2.45) is 0 Å². The fourth-order valence-electron chi connectivity index (χ4n) is 3.76. The van der Waals surface area contributed by atoms with E-state index in [-0.39, 0.29) is 18.3 Å². The second-order valence-electron chi connectivity index (χ2n) is 7.95. The largest absolute Gasteiger partial charge is 0.485 e. The molecule has 0 bridgehead atoms. The molecule has 1 aliphatic heterocycles. The molecule has 1 saturated heterocycles. The van der Waals surface area contributed by atoms with E-state index in [9.17, 15) is 4.79 Å². The molecule has 4 rings (SSSR count).